The van der Waals surface area contributed by atoms with Gasteiger partial charge in [-0.05, 0) is 54.5 Å². The fraction of sp³-hybridized carbons (Fsp3) is 0.375. The van der Waals surface area contributed by atoms with Gasteiger partial charge >= 0.3 is 0 Å². The topological polar surface area (TPSA) is 145 Å². The summed E-state index contributed by atoms with van der Waals surface area (Å²) in [5.41, 5.74) is 14.1. The highest BCUT2D eigenvalue weighted by atomic mass is 16.3. The maximum absolute atomic E-state index is 12.4. The minimum absolute atomic E-state index is 0.169. The summed E-state index contributed by atoms with van der Waals surface area (Å²) in [6.07, 6.45) is 3.63. The number of nitrogens with two attached hydrogens (primary N) is 2. The Hall–Kier alpha value is -3.43. The van der Waals surface area contributed by atoms with Crippen LogP contribution < -0.4 is 17.0 Å². The van der Waals surface area contributed by atoms with E-state index in [4.69, 9.17) is 11.5 Å². The lowest BCUT2D eigenvalue weighted by atomic mass is 9.80. The number of pyridine rings is 1. The second-order valence-electron chi connectivity index (χ2n) is 9.41. The lowest BCUT2D eigenvalue weighted by molar-refractivity contribution is -0.0241. The molecule has 0 spiro atoms. The van der Waals surface area contributed by atoms with Crippen LogP contribution in [0.2, 0.25) is 0 Å². The summed E-state index contributed by atoms with van der Waals surface area (Å²) in [5, 5.41) is 23.3. The van der Waals surface area contributed by atoms with Gasteiger partial charge in [0.25, 0.3) is 5.56 Å². The predicted octanol–water partition coefficient (Wildman–Crippen LogP) is 1.75. The predicted molar refractivity (Wildman–Crippen MR) is 128 cm³/mol. The quantitative estimate of drug-likeness (QED) is 0.372. The van der Waals surface area contributed by atoms with Gasteiger partial charge in [0.2, 0.25) is 5.95 Å². The third kappa shape index (κ3) is 3.35. The van der Waals surface area contributed by atoms with Crippen LogP contribution in [0.4, 0.5) is 11.6 Å². The van der Waals surface area contributed by atoms with E-state index in [2.05, 4.69) is 9.97 Å². The minimum Gasteiger partial charge on any atom is -0.398 e. The zero-order valence-corrected chi connectivity index (χ0v) is 18.6. The first-order valence-corrected chi connectivity index (χ1v) is 11.0. The monoisotopic (exact) mass is 448 g/mol. The van der Waals surface area contributed by atoms with Crippen molar-refractivity contribution in [2.75, 3.05) is 11.5 Å². The van der Waals surface area contributed by atoms with Gasteiger partial charge in [0.15, 0.2) is 0 Å². The van der Waals surface area contributed by atoms with E-state index in [0.29, 0.717) is 41.5 Å². The Labute approximate surface area is 190 Å². The van der Waals surface area contributed by atoms with Crippen molar-refractivity contribution in [3.8, 4) is 0 Å². The molecule has 1 fully saturated rings. The summed E-state index contributed by atoms with van der Waals surface area (Å²) in [7, 11) is 1.60. The summed E-state index contributed by atoms with van der Waals surface area (Å²) >= 11 is 0. The maximum Gasteiger partial charge on any atom is 0.262 e. The van der Waals surface area contributed by atoms with Crippen molar-refractivity contribution in [3.05, 3.63) is 58.6 Å². The Morgan fingerprint density at radius 2 is 1.97 bits per heavy atom. The lowest BCUT2D eigenvalue weighted by Crippen LogP contribution is -2.35. The second-order valence-corrected chi connectivity index (χ2v) is 9.41. The molecule has 9 heteroatoms. The summed E-state index contributed by atoms with van der Waals surface area (Å²) in [6, 6.07) is 8.89. The van der Waals surface area contributed by atoms with Gasteiger partial charge in [-0.25, -0.2) is 9.97 Å². The standard InChI is InChI=1S/C24H28N6O3/c1-24(8-5-13-3-4-15-17(11-13)28-23(26)29(2)22(15)33)12-18(19(31)20(24)32)30-10-7-14-16(25)6-9-27-21(14)30/h3-4,6-7,9-11,18-20,31-32H,5,8,12H2,1-2H3,(H2,25,27)(H2,26,28)/t18-,19+,20+,24+/m1/s1. The molecule has 1 aliphatic carbocycles. The van der Waals surface area contributed by atoms with Gasteiger partial charge in [-0.15, -0.1) is 0 Å². The molecule has 33 heavy (non-hydrogen) atoms. The van der Waals surface area contributed by atoms with E-state index >= 15 is 0 Å². The van der Waals surface area contributed by atoms with E-state index in [1.54, 1.807) is 25.4 Å². The fourth-order valence-electron chi connectivity index (χ4n) is 5.12. The number of fused-ring (bicyclic) bond motifs is 2. The third-order valence-corrected chi connectivity index (χ3v) is 7.27. The number of benzene rings is 1. The van der Waals surface area contributed by atoms with Crippen molar-refractivity contribution in [3.63, 3.8) is 0 Å². The molecular formula is C24H28N6O3. The van der Waals surface area contributed by atoms with Crippen LogP contribution in [0.25, 0.3) is 21.9 Å². The molecule has 4 aromatic rings. The third-order valence-electron chi connectivity index (χ3n) is 7.27. The first-order valence-electron chi connectivity index (χ1n) is 11.0. The number of aryl methyl sites for hydroxylation is 1. The number of aromatic nitrogens is 4. The number of hydrogen-bond acceptors (Lipinski definition) is 7. The zero-order chi connectivity index (χ0) is 23.5. The Morgan fingerprint density at radius 3 is 2.76 bits per heavy atom. The molecule has 0 bridgehead atoms. The molecule has 0 radical (unpaired) electrons. The summed E-state index contributed by atoms with van der Waals surface area (Å²) in [6.45, 7) is 2.00. The first kappa shape index (κ1) is 21.4. The van der Waals surface area contributed by atoms with Crippen LogP contribution in [0.5, 0.6) is 0 Å². The van der Waals surface area contributed by atoms with E-state index < -0.39 is 17.6 Å². The second kappa shape index (κ2) is 7.57. The normalized spacial score (nSPS) is 25.3. The molecular weight excluding hydrogens is 420 g/mol. The average Bonchev–Trinajstić information content (AvgIpc) is 3.32. The molecule has 3 heterocycles. The number of aliphatic hydroxyl groups excluding tert-OH is 2. The number of hydrogen-bond donors (Lipinski definition) is 4. The number of aliphatic hydroxyl groups is 2. The molecule has 1 saturated carbocycles. The Bertz CT molecular complexity index is 1430. The molecule has 0 saturated heterocycles. The highest BCUT2D eigenvalue weighted by Crippen LogP contribution is 2.48. The lowest BCUT2D eigenvalue weighted by Gasteiger charge is -2.28. The summed E-state index contributed by atoms with van der Waals surface area (Å²) < 4.78 is 3.25. The molecule has 1 aliphatic rings. The van der Waals surface area contributed by atoms with E-state index in [9.17, 15) is 15.0 Å². The van der Waals surface area contributed by atoms with Crippen molar-refractivity contribution in [2.45, 2.75) is 44.4 Å². The van der Waals surface area contributed by atoms with Gasteiger partial charge in [-0.2, -0.15) is 0 Å². The molecule has 4 atom stereocenters. The van der Waals surface area contributed by atoms with Crippen molar-refractivity contribution in [1.29, 1.82) is 0 Å². The molecule has 0 aliphatic heterocycles. The van der Waals surface area contributed by atoms with Crippen molar-refractivity contribution >= 4 is 33.6 Å². The van der Waals surface area contributed by atoms with E-state index in [-0.39, 0.29) is 17.5 Å². The number of nitrogens with zero attached hydrogens (tertiary/aromatic N) is 4. The van der Waals surface area contributed by atoms with Gasteiger partial charge < -0.3 is 26.2 Å². The van der Waals surface area contributed by atoms with E-state index in [1.807, 2.05) is 35.9 Å². The number of nitrogen functional groups attached to an aromatic ring is 2. The van der Waals surface area contributed by atoms with Crippen molar-refractivity contribution in [2.24, 2.45) is 12.5 Å². The van der Waals surface area contributed by atoms with Crippen LogP contribution in [0.15, 0.2) is 47.5 Å². The molecule has 0 amide bonds. The van der Waals surface area contributed by atoms with Crippen molar-refractivity contribution in [1.82, 2.24) is 19.1 Å². The van der Waals surface area contributed by atoms with Gasteiger partial charge in [0.1, 0.15) is 11.8 Å². The summed E-state index contributed by atoms with van der Waals surface area (Å²) in [5.74, 6) is 0.169. The van der Waals surface area contributed by atoms with Crippen LogP contribution in [0, 0.1) is 5.41 Å². The molecule has 9 nitrogen and oxygen atoms in total. The van der Waals surface area contributed by atoms with Crippen LogP contribution in [0.3, 0.4) is 0 Å². The van der Waals surface area contributed by atoms with Gasteiger partial charge in [0.05, 0.1) is 23.0 Å². The highest BCUT2D eigenvalue weighted by molar-refractivity contribution is 5.88. The number of anilines is 2. The van der Waals surface area contributed by atoms with E-state index in [1.165, 1.54) is 4.57 Å². The van der Waals surface area contributed by atoms with E-state index in [0.717, 1.165) is 10.9 Å². The minimum atomic E-state index is -0.921. The molecule has 0 unspecified atom stereocenters. The molecule has 3 aromatic heterocycles. The van der Waals surface area contributed by atoms with Crippen molar-refractivity contribution < 1.29 is 10.2 Å². The van der Waals surface area contributed by atoms with Crippen LogP contribution >= 0.6 is 0 Å². The average molecular weight is 449 g/mol. The number of rotatable bonds is 4. The Kier molecular flexibility index (Phi) is 4.91. The fourth-order valence-corrected chi connectivity index (χ4v) is 5.12. The molecule has 5 rings (SSSR count). The summed E-state index contributed by atoms with van der Waals surface area (Å²) in [4.78, 5) is 21.2. The van der Waals surface area contributed by atoms with Crippen LogP contribution in [-0.2, 0) is 13.5 Å². The van der Waals surface area contributed by atoms with Gasteiger partial charge in [-0.3, -0.25) is 9.36 Å². The van der Waals surface area contributed by atoms with Crippen LogP contribution in [-0.4, -0.2) is 41.5 Å². The van der Waals surface area contributed by atoms with Gasteiger partial charge in [-0.1, -0.05) is 13.0 Å². The molecule has 1 aromatic carbocycles. The smallest absolute Gasteiger partial charge is 0.262 e. The Balaban J connectivity index is 1.40. The SMILES string of the molecule is Cn1c(N)nc2cc(CC[C@@]3(C)C[C@@H](n4ccc5c(N)ccnc54)[C@H](O)[C@@H]3O)ccc2c1=O. The largest absolute Gasteiger partial charge is 0.398 e. The van der Waals surface area contributed by atoms with Crippen LogP contribution in [0.1, 0.15) is 31.4 Å². The molecule has 6 N–H and O–H groups in total. The zero-order valence-electron chi connectivity index (χ0n) is 18.6. The molecule has 172 valence electrons. The Morgan fingerprint density at radius 1 is 1.18 bits per heavy atom. The first-order chi connectivity index (χ1) is 15.7. The highest BCUT2D eigenvalue weighted by Gasteiger charge is 2.50. The maximum atomic E-state index is 12.4. The van der Waals surface area contributed by atoms with Gasteiger partial charge in [0, 0.05) is 30.5 Å².